The molecule has 114 valence electrons. The second-order valence-electron chi connectivity index (χ2n) is 6.13. The maximum absolute atomic E-state index is 12.5. The summed E-state index contributed by atoms with van der Waals surface area (Å²) in [7, 11) is 0. The Morgan fingerprint density at radius 1 is 1.48 bits per heavy atom. The quantitative estimate of drug-likeness (QED) is 0.891. The summed E-state index contributed by atoms with van der Waals surface area (Å²) in [6.45, 7) is 7.34. The highest BCUT2D eigenvalue weighted by molar-refractivity contribution is 6.00. The SMILES string of the molecule is CCN1CCC(CNC(=O)c2cccc3c2NCCC3)C1. The lowest BCUT2D eigenvalue weighted by Crippen LogP contribution is -2.32. The molecule has 3 rings (SSSR count). The van der Waals surface area contributed by atoms with Crippen molar-refractivity contribution in [2.75, 3.05) is 38.0 Å². The molecule has 0 radical (unpaired) electrons. The first kappa shape index (κ1) is 14.4. The Morgan fingerprint density at radius 2 is 2.38 bits per heavy atom. The van der Waals surface area contributed by atoms with Crippen molar-refractivity contribution in [1.82, 2.24) is 10.2 Å². The van der Waals surface area contributed by atoms with E-state index in [9.17, 15) is 4.79 Å². The van der Waals surface area contributed by atoms with E-state index in [0.717, 1.165) is 50.3 Å². The lowest BCUT2D eigenvalue weighted by atomic mass is 9.99. The number of aryl methyl sites for hydroxylation is 1. The molecule has 0 aromatic heterocycles. The van der Waals surface area contributed by atoms with E-state index >= 15 is 0 Å². The molecule has 1 aromatic rings. The fraction of sp³-hybridized carbons (Fsp3) is 0.588. The summed E-state index contributed by atoms with van der Waals surface area (Å²) in [5.41, 5.74) is 3.12. The normalized spacial score (nSPS) is 21.7. The lowest BCUT2D eigenvalue weighted by Gasteiger charge is -2.21. The Bertz CT molecular complexity index is 515. The second-order valence-corrected chi connectivity index (χ2v) is 6.13. The van der Waals surface area contributed by atoms with Crippen LogP contribution in [0, 0.1) is 5.92 Å². The van der Waals surface area contributed by atoms with Gasteiger partial charge in [0.05, 0.1) is 11.3 Å². The van der Waals surface area contributed by atoms with E-state index in [4.69, 9.17) is 0 Å². The van der Waals surface area contributed by atoms with Gasteiger partial charge in [-0.25, -0.2) is 0 Å². The third kappa shape index (κ3) is 3.21. The van der Waals surface area contributed by atoms with Gasteiger partial charge in [-0.05, 0) is 49.9 Å². The van der Waals surface area contributed by atoms with Crippen LogP contribution >= 0.6 is 0 Å². The molecule has 2 heterocycles. The molecular weight excluding hydrogens is 262 g/mol. The molecule has 4 heteroatoms. The molecule has 0 spiro atoms. The van der Waals surface area contributed by atoms with Crippen molar-refractivity contribution in [2.45, 2.75) is 26.2 Å². The van der Waals surface area contributed by atoms with Gasteiger partial charge in [0.2, 0.25) is 0 Å². The molecule has 0 aliphatic carbocycles. The number of amides is 1. The predicted octanol–water partition coefficient (Wildman–Crippen LogP) is 2.12. The topological polar surface area (TPSA) is 44.4 Å². The number of nitrogens with zero attached hydrogens (tertiary/aromatic N) is 1. The van der Waals surface area contributed by atoms with Crippen LogP contribution in [0.15, 0.2) is 18.2 Å². The first-order valence-electron chi connectivity index (χ1n) is 8.14. The van der Waals surface area contributed by atoms with Crippen molar-refractivity contribution in [3.05, 3.63) is 29.3 Å². The molecule has 2 aliphatic rings. The van der Waals surface area contributed by atoms with Crippen LogP contribution in [0.2, 0.25) is 0 Å². The molecule has 1 amide bonds. The lowest BCUT2D eigenvalue weighted by molar-refractivity contribution is 0.0948. The fourth-order valence-corrected chi connectivity index (χ4v) is 3.40. The zero-order valence-corrected chi connectivity index (χ0v) is 12.8. The highest BCUT2D eigenvalue weighted by Gasteiger charge is 2.22. The smallest absolute Gasteiger partial charge is 0.253 e. The van der Waals surface area contributed by atoms with Gasteiger partial charge in [0, 0.05) is 19.6 Å². The van der Waals surface area contributed by atoms with Gasteiger partial charge in [-0.3, -0.25) is 4.79 Å². The number of fused-ring (bicyclic) bond motifs is 1. The summed E-state index contributed by atoms with van der Waals surface area (Å²) in [4.78, 5) is 14.9. The van der Waals surface area contributed by atoms with Crippen molar-refractivity contribution >= 4 is 11.6 Å². The Kier molecular flexibility index (Phi) is 4.44. The van der Waals surface area contributed by atoms with Crippen molar-refractivity contribution in [1.29, 1.82) is 0 Å². The first-order valence-corrected chi connectivity index (χ1v) is 8.14. The van der Waals surface area contributed by atoms with Gasteiger partial charge < -0.3 is 15.5 Å². The minimum atomic E-state index is 0.0659. The summed E-state index contributed by atoms with van der Waals surface area (Å²) < 4.78 is 0. The van der Waals surface area contributed by atoms with Crippen molar-refractivity contribution < 1.29 is 4.79 Å². The minimum Gasteiger partial charge on any atom is -0.384 e. The van der Waals surface area contributed by atoms with E-state index in [2.05, 4.69) is 28.5 Å². The third-order valence-corrected chi connectivity index (χ3v) is 4.69. The number of likely N-dealkylation sites (tertiary alicyclic amines) is 1. The molecule has 1 fully saturated rings. The maximum Gasteiger partial charge on any atom is 0.253 e. The van der Waals surface area contributed by atoms with Gasteiger partial charge in [0.1, 0.15) is 0 Å². The molecule has 1 unspecified atom stereocenters. The number of carbonyl (C=O) groups is 1. The number of anilines is 1. The van der Waals surface area contributed by atoms with Crippen LogP contribution in [0.4, 0.5) is 5.69 Å². The summed E-state index contributed by atoms with van der Waals surface area (Å²) >= 11 is 0. The average molecular weight is 287 g/mol. The van der Waals surface area contributed by atoms with Crippen molar-refractivity contribution in [2.24, 2.45) is 5.92 Å². The number of nitrogens with one attached hydrogen (secondary N) is 2. The van der Waals surface area contributed by atoms with Crippen LogP contribution in [0.3, 0.4) is 0 Å². The number of rotatable bonds is 4. The maximum atomic E-state index is 12.5. The Balaban J connectivity index is 1.61. The van der Waals surface area contributed by atoms with Crippen LogP contribution in [0.1, 0.15) is 35.7 Å². The number of para-hydroxylation sites is 1. The predicted molar refractivity (Wildman–Crippen MR) is 85.8 cm³/mol. The van der Waals surface area contributed by atoms with Gasteiger partial charge in [-0.2, -0.15) is 0 Å². The molecule has 1 aromatic carbocycles. The molecule has 0 bridgehead atoms. The third-order valence-electron chi connectivity index (χ3n) is 4.69. The second kappa shape index (κ2) is 6.48. The van der Waals surface area contributed by atoms with Crippen LogP contribution in [-0.2, 0) is 6.42 Å². The van der Waals surface area contributed by atoms with Crippen LogP contribution in [0.25, 0.3) is 0 Å². The van der Waals surface area contributed by atoms with Gasteiger partial charge in [-0.15, -0.1) is 0 Å². The van der Waals surface area contributed by atoms with Gasteiger partial charge >= 0.3 is 0 Å². The summed E-state index contributed by atoms with van der Waals surface area (Å²) in [6, 6.07) is 6.04. The van der Waals surface area contributed by atoms with Gasteiger partial charge in [0.15, 0.2) is 0 Å². The van der Waals surface area contributed by atoms with E-state index in [1.54, 1.807) is 0 Å². The fourth-order valence-electron chi connectivity index (χ4n) is 3.40. The first-order chi connectivity index (χ1) is 10.3. The molecule has 1 atom stereocenters. The monoisotopic (exact) mass is 287 g/mol. The standard InChI is InChI=1S/C17H25N3O/c1-2-20-10-8-13(12-20)11-19-17(21)15-7-3-5-14-6-4-9-18-16(14)15/h3,5,7,13,18H,2,4,6,8-12H2,1H3,(H,19,21). The van der Waals surface area contributed by atoms with Crippen LogP contribution < -0.4 is 10.6 Å². The Labute approximate surface area is 126 Å². The summed E-state index contributed by atoms with van der Waals surface area (Å²) in [6.07, 6.45) is 3.41. The average Bonchev–Trinajstić information content (AvgIpc) is 3.00. The van der Waals surface area contributed by atoms with E-state index in [1.807, 2.05) is 12.1 Å². The summed E-state index contributed by atoms with van der Waals surface area (Å²) in [5.74, 6) is 0.664. The number of carbonyl (C=O) groups excluding carboxylic acids is 1. The molecule has 2 aliphatic heterocycles. The highest BCUT2D eigenvalue weighted by Crippen LogP contribution is 2.26. The van der Waals surface area contributed by atoms with E-state index < -0.39 is 0 Å². The van der Waals surface area contributed by atoms with Crippen LogP contribution in [0.5, 0.6) is 0 Å². The van der Waals surface area contributed by atoms with Crippen molar-refractivity contribution in [3.8, 4) is 0 Å². The number of hydrogen-bond donors (Lipinski definition) is 2. The van der Waals surface area contributed by atoms with E-state index in [-0.39, 0.29) is 5.91 Å². The molecule has 4 nitrogen and oxygen atoms in total. The van der Waals surface area contributed by atoms with E-state index in [0.29, 0.717) is 5.92 Å². The zero-order valence-electron chi connectivity index (χ0n) is 12.8. The van der Waals surface area contributed by atoms with Gasteiger partial charge in [0.25, 0.3) is 5.91 Å². The molecular formula is C17H25N3O. The molecule has 21 heavy (non-hydrogen) atoms. The largest absolute Gasteiger partial charge is 0.384 e. The van der Waals surface area contributed by atoms with Crippen LogP contribution in [-0.4, -0.2) is 43.5 Å². The van der Waals surface area contributed by atoms with Gasteiger partial charge in [-0.1, -0.05) is 19.1 Å². The minimum absolute atomic E-state index is 0.0659. The number of hydrogen-bond acceptors (Lipinski definition) is 3. The Morgan fingerprint density at radius 3 is 3.19 bits per heavy atom. The van der Waals surface area contributed by atoms with E-state index in [1.165, 1.54) is 18.5 Å². The Hall–Kier alpha value is -1.55. The molecule has 2 N–H and O–H groups in total. The number of benzene rings is 1. The molecule has 1 saturated heterocycles. The molecule has 0 saturated carbocycles. The zero-order chi connectivity index (χ0) is 14.7. The summed E-state index contributed by atoms with van der Waals surface area (Å²) in [5, 5.41) is 6.52. The van der Waals surface area contributed by atoms with Crippen molar-refractivity contribution in [3.63, 3.8) is 0 Å². The highest BCUT2D eigenvalue weighted by atomic mass is 16.1.